The van der Waals surface area contributed by atoms with Gasteiger partial charge in [-0.2, -0.15) is 5.10 Å². The molecule has 2 aromatic carbocycles. The quantitative estimate of drug-likeness (QED) is 0.197. The average molecular weight is 563 g/mol. The highest BCUT2D eigenvalue weighted by atomic mass is 127. The van der Waals surface area contributed by atoms with E-state index in [1.165, 1.54) is 5.56 Å². The topological polar surface area (TPSA) is 90.5 Å². The molecule has 1 heterocycles. The molecule has 3 N–H and O–H groups in total. The molecule has 0 aliphatic rings. The summed E-state index contributed by atoms with van der Waals surface area (Å²) in [6.07, 6.45) is 0. The highest BCUT2D eigenvalue weighted by molar-refractivity contribution is 14.0. The Morgan fingerprint density at radius 1 is 1.06 bits per heavy atom. The van der Waals surface area contributed by atoms with E-state index >= 15 is 0 Å². The van der Waals surface area contributed by atoms with Gasteiger partial charge in [0.2, 0.25) is 0 Å². The van der Waals surface area contributed by atoms with Crippen molar-refractivity contribution < 1.29 is 4.74 Å². The SMILES string of the molecule is CCN(CC)C(CNC(=NC)NCc1nc(-c2ccc(OC)cc2)n[nH]1)c1ccccc1.I. The van der Waals surface area contributed by atoms with Crippen molar-refractivity contribution in [1.82, 2.24) is 30.7 Å². The van der Waals surface area contributed by atoms with E-state index in [9.17, 15) is 0 Å². The summed E-state index contributed by atoms with van der Waals surface area (Å²) in [5.41, 5.74) is 2.22. The van der Waals surface area contributed by atoms with Crippen LogP contribution in [0.25, 0.3) is 11.4 Å². The first-order valence-corrected chi connectivity index (χ1v) is 11.0. The third-order valence-corrected chi connectivity index (χ3v) is 5.43. The highest BCUT2D eigenvalue weighted by Crippen LogP contribution is 2.20. The van der Waals surface area contributed by atoms with Crippen molar-refractivity contribution in [3.63, 3.8) is 0 Å². The first-order chi connectivity index (χ1) is 15.7. The number of hydrogen-bond donors (Lipinski definition) is 3. The number of aliphatic imine (C=N–C) groups is 1. The van der Waals surface area contributed by atoms with Crippen LogP contribution in [0, 0.1) is 0 Å². The van der Waals surface area contributed by atoms with Crippen molar-refractivity contribution in [3.05, 3.63) is 66.0 Å². The third kappa shape index (κ3) is 7.43. The first-order valence-electron chi connectivity index (χ1n) is 11.0. The molecule has 178 valence electrons. The number of halogens is 1. The molecule has 0 aliphatic carbocycles. The first kappa shape index (κ1) is 26.6. The van der Waals surface area contributed by atoms with E-state index in [1.54, 1.807) is 14.2 Å². The summed E-state index contributed by atoms with van der Waals surface area (Å²) in [5, 5.41) is 14.1. The summed E-state index contributed by atoms with van der Waals surface area (Å²) < 4.78 is 5.20. The number of nitrogens with one attached hydrogen (secondary N) is 3. The summed E-state index contributed by atoms with van der Waals surface area (Å²) in [4.78, 5) is 11.4. The van der Waals surface area contributed by atoms with Crippen molar-refractivity contribution in [2.75, 3.05) is 33.8 Å². The van der Waals surface area contributed by atoms with E-state index in [4.69, 9.17) is 4.74 Å². The van der Waals surface area contributed by atoms with Crippen LogP contribution >= 0.6 is 24.0 Å². The summed E-state index contributed by atoms with van der Waals surface area (Å²) in [6.45, 7) is 7.59. The van der Waals surface area contributed by atoms with Gasteiger partial charge in [-0.1, -0.05) is 44.2 Å². The fraction of sp³-hybridized carbons (Fsp3) is 0.375. The second kappa shape index (κ2) is 13.8. The zero-order chi connectivity index (χ0) is 22.8. The maximum atomic E-state index is 5.20. The second-order valence-electron chi connectivity index (χ2n) is 7.29. The minimum atomic E-state index is 0. The molecular weight excluding hydrogens is 529 g/mol. The Labute approximate surface area is 213 Å². The Balaban J connectivity index is 0.00000385. The number of guanidine groups is 1. The third-order valence-electron chi connectivity index (χ3n) is 5.43. The molecule has 0 fully saturated rings. The Hall–Kier alpha value is -2.66. The van der Waals surface area contributed by atoms with Crippen LogP contribution in [0.5, 0.6) is 5.75 Å². The molecule has 3 aromatic rings. The minimum absolute atomic E-state index is 0. The van der Waals surface area contributed by atoms with Crippen LogP contribution in [0.4, 0.5) is 0 Å². The van der Waals surface area contributed by atoms with Gasteiger partial charge in [-0.05, 0) is 42.9 Å². The van der Waals surface area contributed by atoms with Gasteiger partial charge in [0.25, 0.3) is 0 Å². The van der Waals surface area contributed by atoms with E-state index in [-0.39, 0.29) is 30.0 Å². The van der Waals surface area contributed by atoms with E-state index in [1.807, 2.05) is 30.3 Å². The standard InChI is InChI=1S/C24H33N7O.HI/c1-5-31(6-2)21(18-10-8-7-9-11-18)16-26-24(25-3)27-17-22-28-23(30-29-22)19-12-14-20(32-4)15-13-19;/h7-15,21H,5-6,16-17H2,1-4H3,(H2,25,26,27)(H,28,29,30);1H. The van der Waals surface area contributed by atoms with Gasteiger partial charge in [-0.15, -0.1) is 24.0 Å². The predicted octanol–water partition coefficient (Wildman–Crippen LogP) is 3.85. The normalized spacial score (nSPS) is 12.2. The zero-order valence-electron chi connectivity index (χ0n) is 19.7. The zero-order valence-corrected chi connectivity index (χ0v) is 22.0. The van der Waals surface area contributed by atoms with Crippen LogP contribution in [-0.4, -0.2) is 59.8 Å². The average Bonchev–Trinajstić information content (AvgIpc) is 3.33. The van der Waals surface area contributed by atoms with Crippen LogP contribution in [-0.2, 0) is 6.54 Å². The number of aromatic nitrogens is 3. The van der Waals surface area contributed by atoms with E-state index in [2.05, 4.69) is 73.8 Å². The van der Waals surface area contributed by atoms with Crippen LogP contribution in [0.1, 0.15) is 31.3 Å². The lowest BCUT2D eigenvalue weighted by Gasteiger charge is -2.30. The van der Waals surface area contributed by atoms with E-state index in [0.717, 1.165) is 42.7 Å². The van der Waals surface area contributed by atoms with Crippen LogP contribution in [0.15, 0.2) is 59.6 Å². The van der Waals surface area contributed by atoms with Crippen molar-refractivity contribution in [2.24, 2.45) is 4.99 Å². The van der Waals surface area contributed by atoms with E-state index < -0.39 is 0 Å². The number of ether oxygens (including phenoxy) is 1. The number of likely N-dealkylation sites (N-methyl/N-ethyl adjacent to an activating group) is 1. The maximum absolute atomic E-state index is 5.20. The van der Waals surface area contributed by atoms with Crippen molar-refractivity contribution in [3.8, 4) is 17.1 Å². The lowest BCUT2D eigenvalue weighted by molar-refractivity contribution is 0.219. The van der Waals surface area contributed by atoms with Crippen LogP contribution < -0.4 is 15.4 Å². The molecule has 0 aliphatic heterocycles. The fourth-order valence-corrected chi connectivity index (χ4v) is 3.62. The Morgan fingerprint density at radius 3 is 2.36 bits per heavy atom. The molecule has 9 heteroatoms. The van der Waals surface area contributed by atoms with Gasteiger partial charge in [0, 0.05) is 19.2 Å². The van der Waals surface area contributed by atoms with Gasteiger partial charge >= 0.3 is 0 Å². The molecule has 3 rings (SSSR count). The summed E-state index contributed by atoms with van der Waals surface area (Å²) in [5.74, 6) is 2.92. The lowest BCUT2D eigenvalue weighted by Crippen LogP contribution is -2.43. The van der Waals surface area contributed by atoms with Crippen molar-refractivity contribution >= 4 is 29.9 Å². The molecule has 33 heavy (non-hydrogen) atoms. The summed E-state index contributed by atoms with van der Waals surface area (Å²) >= 11 is 0. The largest absolute Gasteiger partial charge is 0.497 e. The van der Waals surface area contributed by atoms with E-state index in [0.29, 0.717) is 12.4 Å². The van der Waals surface area contributed by atoms with Crippen molar-refractivity contribution in [1.29, 1.82) is 0 Å². The lowest BCUT2D eigenvalue weighted by atomic mass is 10.1. The van der Waals surface area contributed by atoms with Gasteiger partial charge in [0.1, 0.15) is 11.6 Å². The summed E-state index contributed by atoms with van der Waals surface area (Å²) in [6, 6.07) is 18.5. The second-order valence-corrected chi connectivity index (χ2v) is 7.29. The minimum Gasteiger partial charge on any atom is -0.497 e. The number of methoxy groups -OCH3 is 1. The number of H-pyrrole nitrogens is 1. The molecule has 0 saturated carbocycles. The maximum Gasteiger partial charge on any atom is 0.191 e. The van der Waals surface area contributed by atoms with Gasteiger partial charge < -0.3 is 15.4 Å². The Morgan fingerprint density at radius 2 is 1.76 bits per heavy atom. The Bertz CT molecular complexity index is 972. The predicted molar refractivity (Wildman–Crippen MR) is 144 cm³/mol. The van der Waals surface area contributed by atoms with Gasteiger partial charge in [-0.3, -0.25) is 15.0 Å². The van der Waals surface area contributed by atoms with Crippen molar-refractivity contribution in [2.45, 2.75) is 26.4 Å². The molecule has 0 bridgehead atoms. The molecule has 1 aromatic heterocycles. The molecule has 0 amide bonds. The molecule has 1 atom stereocenters. The van der Waals surface area contributed by atoms with Gasteiger partial charge in [0.05, 0.1) is 19.7 Å². The van der Waals surface area contributed by atoms with Gasteiger partial charge in [-0.25, -0.2) is 4.98 Å². The van der Waals surface area contributed by atoms with Crippen LogP contribution in [0.3, 0.4) is 0 Å². The number of hydrogen-bond acceptors (Lipinski definition) is 5. The highest BCUT2D eigenvalue weighted by Gasteiger charge is 2.18. The molecule has 0 saturated heterocycles. The molecule has 0 spiro atoms. The number of benzene rings is 2. The molecule has 1 unspecified atom stereocenters. The fourth-order valence-electron chi connectivity index (χ4n) is 3.62. The van der Waals surface area contributed by atoms with Crippen LogP contribution in [0.2, 0.25) is 0 Å². The number of rotatable bonds is 10. The molecule has 8 nitrogen and oxygen atoms in total. The molecule has 0 radical (unpaired) electrons. The Kier molecular flexibility index (Phi) is 11.1. The monoisotopic (exact) mass is 563 g/mol. The number of aromatic amines is 1. The molecular formula is C24H34IN7O. The summed E-state index contributed by atoms with van der Waals surface area (Å²) in [7, 11) is 3.42. The smallest absolute Gasteiger partial charge is 0.191 e. The number of nitrogens with zero attached hydrogens (tertiary/aromatic N) is 4. The van der Waals surface area contributed by atoms with Gasteiger partial charge in [0.15, 0.2) is 11.8 Å².